The number of carbonyl (C=O) groups excluding carboxylic acids is 4. The molecule has 5 rings (SSSR count). The summed E-state index contributed by atoms with van der Waals surface area (Å²) in [7, 11) is 0. The van der Waals surface area contributed by atoms with E-state index in [4.69, 9.17) is 0 Å². The summed E-state index contributed by atoms with van der Waals surface area (Å²) in [5, 5.41) is 5.84. The van der Waals surface area contributed by atoms with Crippen molar-refractivity contribution in [1.82, 2.24) is 9.80 Å². The molecule has 1 unspecified atom stereocenters. The van der Waals surface area contributed by atoms with Gasteiger partial charge in [-0.3, -0.25) is 19.2 Å². The highest BCUT2D eigenvalue weighted by molar-refractivity contribution is 5.98. The molecule has 4 amide bonds. The fraction of sp³-hybridized carbons (Fsp3) is 0.448. The molecule has 0 spiro atoms. The van der Waals surface area contributed by atoms with Gasteiger partial charge in [0.05, 0.1) is 12.3 Å². The zero-order valence-electron chi connectivity index (χ0n) is 21.1. The highest BCUT2D eigenvalue weighted by atomic mass is 16.2. The number of hydrogen-bond donors (Lipinski definition) is 2. The Morgan fingerprint density at radius 3 is 2.22 bits per heavy atom. The first-order valence-corrected chi connectivity index (χ1v) is 13.3. The van der Waals surface area contributed by atoms with Gasteiger partial charge in [-0.1, -0.05) is 18.2 Å². The van der Waals surface area contributed by atoms with Gasteiger partial charge in [0.15, 0.2) is 0 Å². The van der Waals surface area contributed by atoms with Crippen LogP contribution < -0.4 is 10.6 Å². The van der Waals surface area contributed by atoms with E-state index in [1.54, 1.807) is 36.4 Å². The van der Waals surface area contributed by atoms with Crippen molar-refractivity contribution >= 4 is 35.0 Å². The van der Waals surface area contributed by atoms with Crippen molar-refractivity contribution in [2.75, 3.05) is 36.8 Å². The molecule has 2 heterocycles. The molecular weight excluding hydrogens is 468 g/mol. The Bertz CT molecular complexity index is 1170. The van der Waals surface area contributed by atoms with E-state index in [-0.39, 0.29) is 41.9 Å². The highest BCUT2D eigenvalue weighted by Gasteiger charge is 2.36. The van der Waals surface area contributed by atoms with Crippen LogP contribution in [-0.4, -0.2) is 59.6 Å². The summed E-state index contributed by atoms with van der Waals surface area (Å²) in [6, 6.07) is 14.3. The standard InChI is InChI=1S/C29H34N4O4/c34-26(30-25-7-3-5-22(18-25)29(37)32-14-1-2-15-32)17-20-8-12-24(13-9-20)31-27(35)23-6-4-16-33(19-23)28(36)21-10-11-21/h3,5,7-9,12-13,18,21,23H,1-2,4,6,10-11,14-17,19H2,(H,30,34)(H,31,35). The third kappa shape index (κ3) is 6.37. The van der Waals surface area contributed by atoms with Gasteiger partial charge in [-0.05, 0) is 74.4 Å². The molecule has 2 aromatic carbocycles. The summed E-state index contributed by atoms with van der Waals surface area (Å²) in [6.07, 6.45) is 5.82. The molecule has 0 bridgehead atoms. The molecule has 0 aromatic heterocycles. The first-order chi connectivity index (χ1) is 18.0. The van der Waals surface area contributed by atoms with Crippen molar-refractivity contribution in [3.05, 3.63) is 59.7 Å². The SMILES string of the molecule is O=C(Cc1ccc(NC(=O)C2CCCN(C(=O)C3CC3)C2)cc1)Nc1cccc(C(=O)N2CCCC2)c1. The molecule has 8 nitrogen and oxygen atoms in total. The average Bonchev–Trinajstić information content (AvgIpc) is 3.62. The number of hydrogen-bond acceptors (Lipinski definition) is 4. The van der Waals surface area contributed by atoms with Crippen molar-refractivity contribution in [2.24, 2.45) is 11.8 Å². The maximum atomic E-state index is 12.8. The van der Waals surface area contributed by atoms with E-state index in [1.165, 1.54) is 0 Å². The van der Waals surface area contributed by atoms with E-state index in [1.807, 2.05) is 21.9 Å². The quantitative estimate of drug-likeness (QED) is 0.603. The van der Waals surface area contributed by atoms with Crippen molar-refractivity contribution < 1.29 is 19.2 Å². The van der Waals surface area contributed by atoms with Crippen LogP contribution in [0.3, 0.4) is 0 Å². The second kappa shape index (κ2) is 11.2. The smallest absolute Gasteiger partial charge is 0.253 e. The summed E-state index contributed by atoms with van der Waals surface area (Å²) in [5.74, 6) is -0.0676. The van der Waals surface area contributed by atoms with Crippen LogP contribution in [0.1, 0.15) is 54.4 Å². The van der Waals surface area contributed by atoms with E-state index in [9.17, 15) is 19.2 Å². The van der Waals surface area contributed by atoms with Crippen LogP contribution in [0, 0.1) is 11.8 Å². The summed E-state index contributed by atoms with van der Waals surface area (Å²) in [5.41, 5.74) is 2.67. The minimum absolute atomic E-state index is 0.00156. The van der Waals surface area contributed by atoms with Gasteiger partial charge < -0.3 is 20.4 Å². The van der Waals surface area contributed by atoms with Crippen LogP contribution in [-0.2, 0) is 20.8 Å². The number of nitrogens with one attached hydrogen (secondary N) is 2. The summed E-state index contributed by atoms with van der Waals surface area (Å²) < 4.78 is 0. The number of carbonyl (C=O) groups is 4. The van der Waals surface area contributed by atoms with Crippen LogP contribution >= 0.6 is 0 Å². The lowest BCUT2D eigenvalue weighted by Gasteiger charge is -2.32. The van der Waals surface area contributed by atoms with Crippen LogP contribution in [0.2, 0.25) is 0 Å². The third-order valence-corrected chi connectivity index (χ3v) is 7.40. The normalized spacial score (nSPS) is 19.4. The summed E-state index contributed by atoms with van der Waals surface area (Å²) >= 11 is 0. The topological polar surface area (TPSA) is 98.8 Å². The Kier molecular flexibility index (Phi) is 7.53. The predicted molar refractivity (Wildman–Crippen MR) is 141 cm³/mol. The molecule has 0 radical (unpaired) electrons. The van der Waals surface area contributed by atoms with Crippen LogP contribution in [0.15, 0.2) is 48.5 Å². The Labute approximate surface area is 217 Å². The average molecular weight is 503 g/mol. The number of rotatable bonds is 7. The zero-order valence-corrected chi connectivity index (χ0v) is 21.1. The monoisotopic (exact) mass is 502 g/mol. The second-order valence-corrected chi connectivity index (χ2v) is 10.4. The molecule has 194 valence electrons. The fourth-order valence-electron chi connectivity index (χ4n) is 5.15. The number of benzene rings is 2. The molecule has 8 heteroatoms. The molecule has 3 fully saturated rings. The highest BCUT2D eigenvalue weighted by Crippen LogP contribution is 2.32. The van der Waals surface area contributed by atoms with E-state index in [0.717, 1.165) is 63.7 Å². The Hall–Kier alpha value is -3.68. The van der Waals surface area contributed by atoms with Crippen molar-refractivity contribution in [3.63, 3.8) is 0 Å². The van der Waals surface area contributed by atoms with Gasteiger partial charge in [-0.2, -0.15) is 0 Å². The number of piperidine rings is 1. The van der Waals surface area contributed by atoms with Gasteiger partial charge in [0.2, 0.25) is 17.7 Å². The van der Waals surface area contributed by atoms with Crippen molar-refractivity contribution in [3.8, 4) is 0 Å². The minimum atomic E-state index is -0.199. The predicted octanol–water partition coefficient (Wildman–Crippen LogP) is 3.69. The maximum Gasteiger partial charge on any atom is 0.253 e. The van der Waals surface area contributed by atoms with Gasteiger partial charge >= 0.3 is 0 Å². The van der Waals surface area contributed by atoms with Gasteiger partial charge in [-0.15, -0.1) is 0 Å². The van der Waals surface area contributed by atoms with Crippen LogP contribution in [0.25, 0.3) is 0 Å². The lowest BCUT2D eigenvalue weighted by molar-refractivity contribution is -0.135. The van der Waals surface area contributed by atoms with Gasteiger partial charge in [0.1, 0.15) is 0 Å². The van der Waals surface area contributed by atoms with E-state index >= 15 is 0 Å². The molecule has 1 aliphatic carbocycles. The first kappa shape index (κ1) is 25.0. The van der Waals surface area contributed by atoms with Crippen LogP contribution in [0.5, 0.6) is 0 Å². The number of nitrogens with zero attached hydrogens (tertiary/aromatic N) is 2. The molecule has 2 aliphatic heterocycles. The summed E-state index contributed by atoms with van der Waals surface area (Å²) in [4.78, 5) is 54.1. The molecule has 3 aliphatic rings. The van der Waals surface area contributed by atoms with E-state index < -0.39 is 0 Å². The van der Waals surface area contributed by atoms with E-state index in [0.29, 0.717) is 23.5 Å². The number of anilines is 2. The van der Waals surface area contributed by atoms with Gasteiger partial charge in [0, 0.05) is 49.0 Å². The Morgan fingerprint density at radius 2 is 1.49 bits per heavy atom. The molecule has 37 heavy (non-hydrogen) atoms. The van der Waals surface area contributed by atoms with E-state index in [2.05, 4.69) is 10.6 Å². The largest absolute Gasteiger partial charge is 0.342 e. The first-order valence-electron chi connectivity index (χ1n) is 13.3. The van der Waals surface area contributed by atoms with Crippen LogP contribution in [0.4, 0.5) is 11.4 Å². The lowest BCUT2D eigenvalue weighted by atomic mass is 9.96. The number of likely N-dealkylation sites (tertiary alicyclic amines) is 2. The number of amides is 4. The molecule has 2 aromatic rings. The van der Waals surface area contributed by atoms with Crippen molar-refractivity contribution in [1.29, 1.82) is 0 Å². The Morgan fingerprint density at radius 1 is 0.757 bits per heavy atom. The molecule has 1 saturated carbocycles. The lowest BCUT2D eigenvalue weighted by Crippen LogP contribution is -2.44. The summed E-state index contributed by atoms with van der Waals surface area (Å²) in [6.45, 7) is 2.80. The van der Waals surface area contributed by atoms with Gasteiger partial charge in [0.25, 0.3) is 5.91 Å². The van der Waals surface area contributed by atoms with Gasteiger partial charge in [-0.25, -0.2) is 0 Å². The molecule has 2 saturated heterocycles. The zero-order chi connectivity index (χ0) is 25.8. The Balaban J connectivity index is 1.11. The third-order valence-electron chi connectivity index (χ3n) is 7.40. The fourth-order valence-corrected chi connectivity index (χ4v) is 5.15. The van der Waals surface area contributed by atoms with Crippen molar-refractivity contribution in [2.45, 2.75) is 44.9 Å². The maximum absolute atomic E-state index is 12.8. The minimum Gasteiger partial charge on any atom is -0.342 e. The molecule has 2 N–H and O–H groups in total. The second-order valence-electron chi connectivity index (χ2n) is 10.4. The molecular formula is C29H34N4O4. The molecule has 1 atom stereocenters.